The van der Waals surface area contributed by atoms with Gasteiger partial charge in [0.25, 0.3) is 0 Å². The Hall–Kier alpha value is -7.94. The molecule has 0 unspecified atom stereocenters. The van der Waals surface area contributed by atoms with Gasteiger partial charge in [0.2, 0.25) is 0 Å². The van der Waals surface area contributed by atoms with Gasteiger partial charge in [-0.15, -0.1) is 0 Å². The fraction of sp³-hybridized carbons (Fsp3) is 0.0169. The van der Waals surface area contributed by atoms with Gasteiger partial charge in [-0.25, -0.2) is 0 Å². The van der Waals surface area contributed by atoms with Gasteiger partial charge in [0.15, 0.2) is 0 Å². The van der Waals surface area contributed by atoms with Crippen molar-refractivity contribution in [3.8, 4) is 27.9 Å². The molecule has 0 radical (unpaired) electrons. The quantitative estimate of drug-likeness (QED) is 0.156. The van der Waals surface area contributed by atoms with E-state index in [1.807, 2.05) is 0 Å². The highest BCUT2D eigenvalue weighted by molar-refractivity contribution is 6.10. The van der Waals surface area contributed by atoms with Gasteiger partial charge in [-0.2, -0.15) is 0 Å². The van der Waals surface area contributed by atoms with Gasteiger partial charge < -0.3 is 9.47 Å². The molecule has 11 aromatic rings. The molecular formula is C59H40N2. The third kappa shape index (κ3) is 5.50. The van der Waals surface area contributed by atoms with Crippen LogP contribution in [0, 0.1) is 0 Å². The predicted molar refractivity (Wildman–Crippen MR) is 256 cm³/mol. The zero-order valence-corrected chi connectivity index (χ0v) is 33.5. The number of fused-ring (bicyclic) bond motifs is 7. The standard InChI is InChI=1S/C59H40N2/c1-4-20-45(21-5-1)59(46-22-6-2-7-23-46)55-29-14-12-27-51(55)52-35-34-50(40-56(52)59)60(47-24-8-3-9-25-47)48-26-16-19-43(38-48)44-32-36-58-54(39-44)53-28-13-15-30-57(53)61(58)49-33-31-41-17-10-11-18-42(41)37-49/h1-40H. The molecule has 1 aliphatic rings. The van der Waals surface area contributed by atoms with E-state index in [9.17, 15) is 0 Å². The summed E-state index contributed by atoms with van der Waals surface area (Å²) in [6.07, 6.45) is 0. The van der Waals surface area contributed by atoms with E-state index in [1.165, 1.54) is 82.8 Å². The summed E-state index contributed by atoms with van der Waals surface area (Å²) in [6.45, 7) is 0. The van der Waals surface area contributed by atoms with Crippen molar-refractivity contribution < 1.29 is 0 Å². The van der Waals surface area contributed by atoms with E-state index in [0.29, 0.717) is 0 Å². The summed E-state index contributed by atoms with van der Waals surface area (Å²) < 4.78 is 2.41. The molecule has 61 heavy (non-hydrogen) atoms. The number of hydrogen-bond acceptors (Lipinski definition) is 1. The van der Waals surface area contributed by atoms with Gasteiger partial charge >= 0.3 is 0 Å². The molecule has 0 saturated carbocycles. The Balaban J connectivity index is 1.02. The van der Waals surface area contributed by atoms with E-state index in [0.717, 1.165) is 17.1 Å². The summed E-state index contributed by atoms with van der Waals surface area (Å²) in [7, 11) is 0. The number of hydrogen-bond donors (Lipinski definition) is 0. The van der Waals surface area contributed by atoms with Gasteiger partial charge in [-0.1, -0.05) is 176 Å². The van der Waals surface area contributed by atoms with Crippen molar-refractivity contribution in [1.82, 2.24) is 4.57 Å². The summed E-state index contributed by atoms with van der Waals surface area (Å²) in [5.41, 5.74) is 16.4. The largest absolute Gasteiger partial charge is 0.310 e. The molecule has 0 atom stereocenters. The van der Waals surface area contributed by atoms with Crippen molar-refractivity contribution in [2.75, 3.05) is 4.90 Å². The van der Waals surface area contributed by atoms with E-state index in [4.69, 9.17) is 0 Å². The number of aromatic nitrogens is 1. The molecule has 286 valence electrons. The number of para-hydroxylation sites is 2. The monoisotopic (exact) mass is 776 g/mol. The Bertz CT molecular complexity index is 3380. The highest BCUT2D eigenvalue weighted by atomic mass is 15.1. The van der Waals surface area contributed by atoms with E-state index in [-0.39, 0.29) is 0 Å². The van der Waals surface area contributed by atoms with E-state index < -0.39 is 5.41 Å². The second-order valence-corrected chi connectivity index (χ2v) is 16.1. The van der Waals surface area contributed by atoms with Crippen LogP contribution in [0.15, 0.2) is 243 Å². The van der Waals surface area contributed by atoms with Gasteiger partial charge in [0.05, 0.1) is 16.4 Å². The lowest BCUT2D eigenvalue weighted by Crippen LogP contribution is -2.28. The smallest absolute Gasteiger partial charge is 0.0714 e. The van der Waals surface area contributed by atoms with Crippen LogP contribution in [-0.2, 0) is 5.41 Å². The number of nitrogens with zero attached hydrogens (tertiary/aromatic N) is 2. The molecule has 1 aliphatic carbocycles. The molecule has 10 aromatic carbocycles. The number of anilines is 3. The van der Waals surface area contributed by atoms with Crippen LogP contribution in [0.5, 0.6) is 0 Å². The van der Waals surface area contributed by atoms with Gasteiger partial charge in [0, 0.05) is 33.5 Å². The van der Waals surface area contributed by atoms with Crippen molar-refractivity contribution in [2.24, 2.45) is 0 Å². The first-order valence-electron chi connectivity index (χ1n) is 21.1. The molecule has 1 aromatic heterocycles. The maximum absolute atomic E-state index is 2.45. The lowest BCUT2D eigenvalue weighted by Gasteiger charge is -2.35. The Morgan fingerprint density at radius 1 is 0.328 bits per heavy atom. The van der Waals surface area contributed by atoms with E-state index in [2.05, 4.69) is 252 Å². The van der Waals surface area contributed by atoms with E-state index in [1.54, 1.807) is 0 Å². The van der Waals surface area contributed by atoms with Gasteiger partial charge in [0.1, 0.15) is 0 Å². The molecule has 0 amide bonds. The Morgan fingerprint density at radius 3 is 1.74 bits per heavy atom. The Kier molecular flexibility index (Phi) is 8.11. The molecule has 0 aliphatic heterocycles. The second kappa shape index (κ2) is 14.1. The summed E-state index contributed by atoms with van der Waals surface area (Å²) in [6, 6.07) is 89.1. The molecular weight excluding hydrogens is 737 g/mol. The van der Waals surface area contributed by atoms with Crippen molar-refractivity contribution in [3.63, 3.8) is 0 Å². The molecule has 2 nitrogen and oxygen atoms in total. The van der Waals surface area contributed by atoms with Crippen molar-refractivity contribution in [1.29, 1.82) is 0 Å². The van der Waals surface area contributed by atoms with Crippen LogP contribution in [0.1, 0.15) is 22.3 Å². The summed E-state index contributed by atoms with van der Waals surface area (Å²) in [4.78, 5) is 2.41. The first-order chi connectivity index (χ1) is 30.3. The normalized spacial score (nSPS) is 12.7. The molecule has 1 heterocycles. The average Bonchev–Trinajstić information content (AvgIpc) is 3.83. The van der Waals surface area contributed by atoms with Crippen LogP contribution in [0.4, 0.5) is 17.1 Å². The van der Waals surface area contributed by atoms with Crippen molar-refractivity contribution in [3.05, 3.63) is 265 Å². The first kappa shape index (κ1) is 35.0. The molecule has 12 rings (SSSR count). The van der Waals surface area contributed by atoms with Crippen LogP contribution >= 0.6 is 0 Å². The first-order valence-corrected chi connectivity index (χ1v) is 21.1. The Labute approximate surface area is 355 Å². The van der Waals surface area contributed by atoms with Crippen LogP contribution in [0.3, 0.4) is 0 Å². The van der Waals surface area contributed by atoms with Gasteiger partial charge in [-0.3, -0.25) is 0 Å². The summed E-state index contributed by atoms with van der Waals surface area (Å²) in [5, 5.41) is 4.97. The molecule has 0 bridgehead atoms. The minimum atomic E-state index is -0.490. The second-order valence-electron chi connectivity index (χ2n) is 16.1. The van der Waals surface area contributed by atoms with E-state index >= 15 is 0 Å². The molecule has 0 N–H and O–H groups in total. The number of rotatable bonds is 7. The summed E-state index contributed by atoms with van der Waals surface area (Å²) >= 11 is 0. The maximum atomic E-state index is 2.45. The van der Waals surface area contributed by atoms with Crippen molar-refractivity contribution in [2.45, 2.75) is 5.41 Å². The van der Waals surface area contributed by atoms with Crippen LogP contribution in [-0.4, -0.2) is 4.57 Å². The predicted octanol–water partition coefficient (Wildman–Crippen LogP) is 15.4. The summed E-state index contributed by atoms with van der Waals surface area (Å²) in [5.74, 6) is 0. The molecule has 0 saturated heterocycles. The lowest BCUT2D eigenvalue weighted by atomic mass is 9.67. The SMILES string of the molecule is c1ccc(N(c2cccc(-c3ccc4c(c3)c3ccccc3n4-c3ccc4ccccc4c3)c2)c2ccc3c(c2)C(c2ccccc2)(c2ccccc2)c2ccccc2-3)cc1. The molecule has 0 spiro atoms. The minimum absolute atomic E-state index is 0.490. The Morgan fingerprint density at radius 2 is 0.934 bits per heavy atom. The topological polar surface area (TPSA) is 8.17 Å². The fourth-order valence-corrected chi connectivity index (χ4v) is 10.2. The zero-order valence-electron chi connectivity index (χ0n) is 33.5. The molecule has 2 heteroatoms. The minimum Gasteiger partial charge on any atom is -0.310 e. The molecule has 0 fully saturated rings. The van der Waals surface area contributed by atoms with Crippen LogP contribution in [0.25, 0.3) is 60.5 Å². The van der Waals surface area contributed by atoms with Gasteiger partial charge in [-0.05, 0) is 122 Å². The van der Waals surface area contributed by atoms with Crippen LogP contribution < -0.4 is 4.90 Å². The van der Waals surface area contributed by atoms with Crippen molar-refractivity contribution >= 4 is 49.6 Å². The average molecular weight is 777 g/mol. The lowest BCUT2D eigenvalue weighted by molar-refractivity contribution is 0.768. The zero-order chi connectivity index (χ0) is 40.3. The third-order valence-electron chi connectivity index (χ3n) is 12.8. The highest BCUT2D eigenvalue weighted by Gasteiger charge is 2.46. The number of benzene rings is 10. The third-order valence-corrected chi connectivity index (χ3v) is 12.8. The maximum Gasteiger partial charge on any atom is 0.0714 e. The fourth-order valence-electron chi connectivity index (χ4n) is 10.2. The highest BCUT2D eigenvalue weighted by Crippen LogP contribution is 2.57. The van der Waals surface area contributed by atoms with Crippen LogP contribution in [0.2, 0.25) is 0 Å².